The molecule has 1 unspecified atom stereocenters. The lowest BCUT2D eigenvalue weighted by atomic mass is 9.79. The van der Waals surface area contributed by atoms with Crippen molar-refractivity contribution in [1.29, 1.82) is 0 Å². The summed E-state index contributed by atoms with van der Waals surface area (Å²) in [6.07, 6.45) is 5.14. The van der Waals surface area contributed by atoms with Gasteiger partial charge in [-0.2, -0.15) is 0 Å². The van der Waals surface area contributed by atoms with E-state index < -0.39 is 5.60 Å². The molecule has 3 amide bonds. The van der Waals surface area contributed by atoms with Crippen LogP contribution in [0, 0.1) is 0 Å². The SMILES string of the molecule is CN(CCN1CC=CCC1)C(=O)N1CCN2C(=O)OC(c3ccccc3)(c3ccccc3)C2C1. The molecule has 7 nitrogen and oxygen atoms in total. The van der Waals surface area contributed by atoms with Gasteiger partial charge in [-0.05, 0) is 6.42 Å². The number of rotatable bonds is 5. The van der Waals surface area contributed by atoms with Gasteiger partial charge < -0.3 is 14.5 Å². The number of carbonyl (C=O) groups excluding carboxylic acids is 2. The molecule has 34 heavy (non-hydrogen) atoms. The molecule has 0 spiro atoms. The zero-order chi connectivity index (χ0) is 23.5. The molecule has 0 aliphatic carbocycles. The number of nitrogens with zero attached hydrogens (tertiary/aromatic N) is 4. The van der Waals surface area contributed by atoms with Crippen LogP contribution in [-0.2, 0) is 10.3 Å². The minimum absolute atomic E-state index is 0.00146. The Balaban J connectivity index is 1.39. The molecule has 7 heteroatoms. The third kappa shape index (κ3) is 4.05. The highest BCUT2D eigenvalue weighted by molar-refractivity contribution is 5.77. The summed E-state index contributed by atoms with van der Waals surface area (Å²) in [5, 5.41) is 0. The Hall–Kier alpha value is -3.32. The van der Waals surface area contributed by atoms with E-state index in [0.29, 0.717) is 26.2 Å². The van der Waals surface area contributed by atoms with Crippen LogP contribution in [0.5, 0.6) is 0 Å². The zero-order valence-corrected chi connectivity index (χ0v) is 19.7. The molecular weight excluding hydrogens is 428 g/mol. The number of benzene rings is 2. The second-order valence-corrected chi connectivity index (χ2v) is 9.26. The molecule has 0 saturated carbocycles. The quantitative estimate of drug-likeness (QED) is 0.642. The highest BCUT2D eigenvalue weighted by Gasteiger charge is 2.58. The van der Waals surface area contributed by atoms with E-state index in [9.17, 15) is 9.59 Å². The number of hydrogen-bond donors (Lipinski definition) is 0. The zero-order valence-electron chi connectivity index (χ0n) is 19.7. The first-order valence-electron chi connectivity index (χ1n) is 12.1. The van der Waals surface area contributed by atoms with E-state index in [1.807, 2.05) is 72.6 Å². The van der Waals surface area contributed by atoms with Gasteiger partial charge in [-0.25, -0.2) is 9.59 Å². The number of urea groups is 1. The Labute approximate surface area is 201 Å². The first-order chi connectivity index (χ1) is 16.6. The standard InChI is InChI=1S/C27H32N4O3/c1-28(17-18-29-15-9-4-10-16-29)25(32)30-19-20-31-24(21-30)27(34-26(31)33,22-11-5-2-6-12-22)23-13-7-3-8-14-23/h2-9,11-14,24H,10,15-21H2,1H3. The molecular formula is C27H32N4O3. The summed E-state index contributed by atoms with van der Waals surface area (Å²) in [6.45, 7) is 4.90. The van der Waals surface area contributed by atoms with Crippen LogP contribution in [0.25, 0.3) is 0 Å². The van der Waals surface area contributed by atoms with Crippen LogP contribution in [0.3, 0.4) is 0 Å². The van der Waals surface area contributed by atoms with Crippen LogP contribution in [-0.4, -0.2) is 90.6 Å². The lowest BCUT2D eigenvalue weighted by Gasteiger charge is -2.43. The highest BCUT2D eigenvalue weighted by Crippen LogP contribution is 2.45. The van der Waals surface area contributed by atoms with Gasteiger partial charge in [-0.15, -0.1) is 0 Å². The number of fused-ring (bicyclic) bond motifs is 1. The summed E-state index contributed by atoms with van der Waals surface area (Å²) in [4.78, 5) is 34.3. The van der Waals surface area contributed by atoms with Crippen molar-refractivity contribution < 1.29 is 14.3 Å². The molecule has 2 saturated heterocycles. The highest BCUT2D eigenvalue weighted by atomic mass is 16.6. The van der Waals surface area contributed by atoms with Gasteiger partial charge in [0.2, 0.25) is 0 Å². The maximum absolute atomic E-state index is 13.4. The summed E-state index contributed by atoms with van der Waals surface area (Å²) in [5.41, 5.74) is 0.878. The van der Waals surface area contributed by atoms with Crippen LogP contribution in [0.4, 0.5) is 9.59 Å². The van der Waals surface area contributed by atoms with Gasteiger partial charge in [-0.1, -0.05) is 72.8 Å². The smallest absolute Gasteiger partial charge is 0.411 e. The molecule has 0 N–H and O–H groups in total. The van der Waals surface area contributed by atoms with E-state index in [2.05, 4.69) is 17.1 Å². The van der Waals surface area contributed by atoms with E-state index in [0.717, 1.165) is 37.2 Å². The van der Waals surface area contributed by atoms with E-state index >= 15 is 0 Å². The summed E-state index contributed by atoms with van der Waals surface area (Å²) in [6, 6.07) is 19.5. The van der Waals surface area contributed by atoms with Crippen LogP contribution < -0.4 is 0 Å². The lowest BCUT2D eigenvalue weighted by Crippen LogP contribution is -2.60. The number of hydrogen-bond acceptors (Lipinski definition) is 4. The normalized spacial score (nSPS) is 21.8. The van der Waals surface area contributed by atoms with Crippen LogP contribution in [0.1, 0.15) is 17.5 Å². The molecule has 0 radical (unpaired) electrons. The Morgan fingerprint density at radius 3 is 2.29 bits per heavy atom. The Morgan fingerprint density at radius 1 is 1.00 bits per heavy atom. The van der Waals surface area contributed by atoms with Crippen molar-refractivity contribution in [2.45, 2.75) is 18.1 Å². The molecule has 3 aliphatic rings. The van der Waals surface area contributed by atoms with Crippen molar-refractivity contribution in [2.24, 2.45) is 0 Å². The topological polar surface area (TPSA) is 56.3 Å². The molecule has 178 valence electrons. The molecule has 2 aromatic carbocycles. The third-order valence-electron chi connectivity index (χ3n) is 7.23. The Kier molecular flexibility index (Phi) is 6.28. The van der Waals surface area contributed by atoms with Crippen molar-refractivity contribution in [1.82, 2.24) is 19.6 Å². The van der Waals surface area contributed by atoms with E-state index in [-0.39, 0.29) is 18.2 Å². The molecule has 1 atom stereocenters. The summed E-state index contributed by atoms with van der Waals surface area (Å²) in [5.74, 6) is 0. The molecule has 0 aromatic heterocycles. The monoisotopic (exact) mass is 460 g/mol. The van der Waals surface area contributed by atoms with Crippen molar-refractivity contribution in [3.8, 4) is 0 Å². The van der Waals surface area contributed by atoms with Gasteiger partial charge in [0.1, 0.15) is 6.04 Å². The number of ether oxygens (including phenoxy) is 1. The number of carbonyl (C=O) groups is 2. The largest absolute Gasteiger partial charge is 0.431 e. The second-order valence-electron chi connectivity index (χ2n) is 9.26. The van der Waals surface area contributed by atoms with Gasteiger partial charge in [0, 0.05) is 64.0 Å². The third-order valence-corrected chi connectivity index (χ3v) is 7.23. The van der Waals surface area contributed by atoms with Crippen LogP contribution in [0.15, 0.2) is 72.8 Å². The van der Waals surface area contributed by atoms with E-state index in [4.69, 9.17) is 4.74 Å². The van der Waals surface area contributed by atoms with E-state index in [1.54, 1.807) is 9.80 Å². The predicted octanol–water partition coefficient (Wildman–Crippen LogP) is 3.38. The molecule has 3 aliphatic heterocycles. The second kappa shape index (κ2) is 9.50. The summed E-state index contributed by atoms with van der Waals surface area (Å²) in [7, 11) is 1.87. The number of amides is 3. The lowest BCUT2D eigenvalue weighted by molar-refractivity contribution is 0.0472. The minimum atomic E-state index is -0.961. The first kappa shape index (κ1) is 22.5. The van der Waals surface area contributed by atoms with Crippen LogP contribution in [0.2, 0.25) is 0 Å². The fourth-order valence-electron chi connectivity index (χ4n) is 5.35. The van der Waals surface area contributed by atoms with Crippen LogP contribution >= 0.6 is 0 Å². The van der Waals surface area contributed by atoms with E-state index in [1.165, 1.54) is 0 Å². The Morgan fingerprint density at radius 2 is 1.68 bits per heavy atom. The summed E-state index contributed by atoms with van der Waals surface area (Å²) < 4.78 is 6.21. The van der Waals surface area contributed by atoms with Crippen molar-refractivity contribution in [2.75, 3.05) is 52.9 Å². The fraction of sp³-hybridized carbons (Fsp3) is 0.407. The van der Waals surface area contributed by atoms with Crippen molar-refractivity contribution in [3.63, 3.8) is 0 Å². The average Bonchev–Trinajstić information content (AvgIpc) is 3.21. The molecule has 3 heterocycles. The van der Waals surface area contributed by atoms with Crippen molar-refractivity contribution in [3.05, 3.63) is 83.9 Å². The molecule has 2 aromatic rings. The summed E-state index contributed by atoms with van der Waals surface area (Å²) >= 11 is 0. The number of cyclic esters (lactones) is 1. The minimum Gasteiger partial charge on any atom is -0.431 e. The maximum atomic E-state index is 13.4. The average molecular weight is 461 g/mol. The molecule has 0 bridgehead atoms. The number of piperazine rings is 1. The first-order valence-corrected chi connectivity index (χ1v) is 12.1. The van der Waals surface area contributed by atoms with Gasteiger partial charge in [-0.3, -0.25) is 9.80 Å². The maximum Gasteiger partial charge on any atom is 0.411 e. The van der Waals surface area contributed by atoms with Gasteiger partial charge >= 0.3 is 12.1 Å². The number of likely N-dealkylation sites (N-methyl/N-ethyl adjacent to an activating group) is 1. The molecule has 5 rings (SSSR count). The Bertz CT molecular complexity index is 1000. The van der Waals surface area contributed by atoms with Gasteiger partial charge in [0.15, 0.2) is 5.60 Å². The fourth-order valence-corrected chi connectivity index (χ4v) is 5.35. The van der Waals surface area contributed by atoms with Gasteiger partial charge in [0.25, 0.3) is 0 Å². The predicted molar refractivity (Wildman–Crippen MR) is 130 cm³/mol. The van der Waals surface area contributed by atoms with Gasteiger partial charge in [0.05, 0.1) is 0 Å². The molecule has 2 fully saturated rings. The van der Waals surface area contributed by atoms with Crippen molar-refractivity contribution >= 4 is 12.1 Å².